The highest BCUT2D eigenvalue weighted by Gasteiger charge is 2.22. The Bertz CT molecular complexity index is 1100. The summed E-state index contributed by atoms with van der Waals surface area (Å²) in [5.74, 6) is -0.00974. The lowest BCUT2D eigenvalue weighted by Gasteiger charge is -2.20. The number of anilines is 2. The zero-order valence-corrected chi connectivity index (χ0v) is 19.5. The molecule has 0 heterocycles. The molecular weight excluding hydrogens is 446 g/mol. The number of nitrogens with one attached hydrogen (secondary N) is 3. The van der Waals surface area contributed by atoms with Crippen molar-refractivity contribution in [3.05, 3.63) is 42.5 Å². The predicted octanol–water partition coefficient (Wildman–Crippen LogP) is 3.14. The molecule has 3 N–H and O–H groups in total. The molecular formula is C23H29N3O6S. The minimum absolute atomic E-state index is 0.0596. The average molecular weight is 476 g/mol. The summed E-state index contributed by atoms with van der Waals surface area (Å²) in [6.07, 6.45) is 4.84. The maximum absolute atomic E-state index is 12.9. The summed E-state index contributed by atoms with van der Waals surface area (Å²) >= 11 is 0. The van der Waals surface area contributed by atoms with Crippen molar-refractivity contribution in [1.82, 2.24) is 5.32 Å². The molecule has 2 aromatic rings. The van der Waals surface area contributed by atoms with Crippen LogP contribution in [0.3, 0.4) is 0 Å². The largest absolute Gasteiger partial charge is 0.495 e. The summed E-state index contributed by atoms with van der Waals surface area (Å²) in [5.41, 5.74) is 0.462. The third kappa shape index (κ3) is 6.38. The van der Waals surface area contributed by atoms with Crippen LogP contribution in [-0.4, -0.2) is 41.0 Å². The van der Waals surface area contributed by atoms with Crippen LogP contribution in [-0.2, 0) is 19.6 Å². The molecule has 0 saturated heterocycles. The smallest absolute Gasteiger partial charge is 0.262 e. The van der Waals surface area contributed by atoms with Crippen LogP contribution >= 0.6 is 0 Å². The van der Waals surface area contributed by atoms with Gasteiger partial charge in [0.25, 0.3) is 10.0 Å². The molecule has 1 saturated carbocycles. The van der Waals surface area contributed by atoms with Crippen LogP contribution in [0.15, 0.2) is 47.4 Å². The van der Waals surface area contributed by atoms with Gasteiger partial charge in [-0.2, -0.15) is 0 Å². The number of carbonyl (C=O) groups excluding carboxylic acids is 2. The Hall–Kier alpha value is -3.27. The highest BCUT2D eigenvalue weighted by molar-refractivity contribution is 7.92. The monoisotopic (exact) mass is 475 g/mol. The first kappa shape index (κ1) is 24.4. The Kier molecular flexibility index (Phi) is 8.16. The molecule has 2 amide bonds. The average Bonchev–Trinajstić information content (AvgIpc) is 2.83. The maximum Gasteiger partial charge on any atom is 0.262 e. The van der Waals surface area contributed by atoms with E-state index in [0.29, 0.717) is 5.75 Å². The number of para-hydroxylation sites is 2. The van der Waals surface area contributed by atoms with Crippen molar-refractivity contribution < 1.29 is 27.5 Å². The molecule has 33 heavy (non-hydrogen) atoms. The third-order valence-electron chi connectivity index (χ3n) is 5.51. The van der Waals surface area contributed by atoms with Crippen molar-refractivity contribution in [2.24, 2.45) is 5.92 Å². The van der Waals surface area contributed by atoms with Crippen LogP contribution in [0.2, 0.25) is 0 Å². The number of hydrogen-bond donors (Lipinski definition) is 3. The Morgan fingerprint density at radius 3 is 2.30 bits per heavy atom. The highest BCUT2D eigenvalue weighted by atomic mass is 32.2. The van der Waals surface area contributed by atoms with E-state index in [0.717, 1.165) is 32.1 Å². The van der Waals surface area contributed by atoms with E-state index in [2.05, 4.69) is 15.4 Å². The second-order valence-electron chi connectivity index (χ2n) is 7.77. The number of amides is 2. The summed E-state index contributed by atoms with van der Waals surface area (Å²) in [6, 6.07) is 10.8. The third-order valence-corrected chi connectivity index (χ3v) is 6.87. The summed E-state index contributed by atoms with van der Waals surface area (Å²) in [4.78, 5) is 24.6. The van der Waals surface area contributed by atoms with Gasteiger partial charge in [-0.25, -0.2) is 8.42 Å². The van der Waals surface area contributed by atoms with Gasteiger partial charge in [-0.15, -0.1) is 0 Å². The minimum Gasteiger partial charge on any atom is -0.495 e. The molecule has 9 nitrogen and oxygen atoms in total. The van der Waals surface area contributed by atoms with Crippen molar-refractivity contribution in [3.63, 3.8) is 0 Å². The molecule has 0 aliphatic heterocycles. The van der Waals surface area contributed by atoms with Gasteiger partial charge in [-0.3, -0.25) is 14.3 Å². The molecule has 0 unspecified atom stereocenters. The van der Waals surface area contributed by atoms with Crippen molar-refractivity contribution in [1.29, 1.82) is 0 Å². The van der Waals surface area contributed by atoms with E-state index < -0.39 is 15.9 Å². The van der Waals surface area contributed by atoms with Crippen LogP contribution in [0.5, 0.6) is 11.5 Å². The second-order valence-corrected chi connectivity index (χ2v) is 9.45. The molecule has 1 aliphatic carbocycles. The van der Waals surface area contributed by atoms with E-state index >= 15 is 0 Å². The molecule has 0 bridgehead atoms. The van der Waals surface area contributed by atoms with Gasteiger partial charge in [-0.05, 0) is 43.2 Å². The van der Waals surface area contributed by atoms with Crippen LogP contribution < -0.4 is 24.8 Å². The van der Waals surface area contributed by atoms with Gasteiger partial charge in [0.05, 0.1) is 37.0 Å². The Labute approximate surface area is 193 Å². The van der Waals surface area contributed by atoms with E-state index in [1.807, 2.05) is 0 Å². The van der Waals surface area contributed by atoms with Gasteiger partial charge < -0.3 is 20.1 Å². The Morgan fingerprint density at radius 2 is 1.61 bits per heavy atom. The number of methoxy groups -OCH3 is 2. The van der Waals surface area contributed by atoms with Gasteiger partial charge in [0.2, 0.25) is 11.8 Å². The molecule has 1 fully saturated rings. The first-order chi connectivity index (χ1) is 15.8. The summed E-state index contributed by atoms with van der Waals surface area (Å²) in [7, 11) is -1.12. The maximum atomic E-state index is 12.9. The van der Waals surface area contributed by atoms with Gasteiger partial charge in [0.15, 0.2) is 0 Å². The molecule has 1 aliphatic rings. The molecule has 2 aromatic carbocycles. The lowest BCUT2D eigenvalue weighted by Crippen LogP contribution is -2.37. The molecule has 178 valence electrons. The number of hydrogen-bond acceptors (Lipinski definition) is 6. The number of benzene rings is 2. The van der Waals surface area contributed by atoms with Gasteiger partial charge in [0, 0.05) is 5.92 Å². The van der Waals surface area contributed by atoms with Crippen molar-refractivity contribution in [2.45, 2.75) is 37.0 Å². The zero-order valence-electron chi connectivity index (χ0n) is 18.7. The van der Waals surface area contributed by atoms with Crippen LogP contribution in [0.1, 0.15) is 32.1 Å². The molecule has 0 atom stereocenters. The topological polar surface area (TPSA) is 123 Å². The first-order valence-corrected chi connectivity index (χ1v) is 12.2. The van der Waals surface area contributed by atoms with Gasteiger partial charge in [-0.1, -0.05) is 31.4 Å². The summed E-state index contributed by atoms with van der Waals surface area (Å²) in [6.45, 7) is -0.213. The number of rotatable bonds is 9. The summed E-state index contributed by atoms with van der Waals surface area (Å²) in [5, 5.41) is 5.29. The Balaban J connectivity index is 1.70. The van der Waals surface area contributed by atoms with E-state index in [1.165, 1.54) is 32.4 Å². The van der Waals surface area contributed by atoms with Gasteiger partial charge >= 0.3 is 0 Å². The lowest BCUT2D eigenvalue weighted by molar-refractivity contribution is -0.128. The van der Waals surface area contributed by atoms with Crippen LogP contribution in [0.25, 0.3) is 0 Å². The molecule has 10 heteroatoms. The molecule has 0 spiro atoms. The quantitative estimate of drug-likeness (QED) is 0.512. The van der Waals surface area contributed by atoms with E-state index in [-0.39, 0.29) is 40.4 Å². The van der Waals surface area contributed by atoms with Crippen LogP contribution in [0, 0.1) is 5.92 Å². The zero-order chi connectivity index (χ0) is 23.8. The molecule has 0 aromatic heterocycles. The summed E-state index contributed by atoms with van der Waals surface area (Å²) < 4.78 is 38.8. The fourth-order valence-corrected chi connectivity index (χ4v) is 4.85. The fraction of sp³-hybridized carbons (Fsp3) is 0.391. The molecule has 3 rings (SSSR count). The van der Waals surface area contributed by atoms with E-state index in [4.69, 9.17) is 9.47 Å². The number of sulfonamides is 1. The molecule has 0 radical (unpaired) electrons. The lowest BCUT2D eigenvalue weighted by atomic mass is 9.89. The Morgan fingerprint density at radius 1 is 0.939 bits per heavy atom. The van der Waals surface area contributed by atoms with Gasteiger partial charge in [0.1, 0.15) is 11.5 Å². The number of carbonyl (C=O) groups is 2. The van der Waals surface area contributed by atoms with Crippen LogP contribution in [0.4, 0.5) is 11.4 Å². The first-order valence-electron chi connectivity index (χ1n) is 10.8. The van der Waals surface area contributed by atoms with E-state index in [9.17, 15) is 18.0 Å². The van der Waals surface area contributed by atoms with Crippen molar-refractivity contribution >= 4 is 33.2 Å². The minimum atomic E-state index is -3.98. The predicted molar refractivity (Wildman–Crippen MR) is 125 cm³/mol. The second kappa shape index (κ2) is 11.0. The SMILES string of the molecule is COc1ccc(S(=O)(=O)Nc2ccccc2OC)cc1NC(=O)CNC(=O)C1CCCCC1. The normalized spacial score (nSPS) is 14.2. The highest BCUT2D eigenvalue weighted by Crippen LogP contribution is 2.30. The number of ether oxygens (including phenoxy) is 2. The van der Waals surface area contributed by atoms with Crippen molar-refractivity contribution in [2.75, 3.05) is 30.8 Å². The fourth-order valence-electron chi connectivity index (χ4n) is 3.76. The van der Waals surface area contributed by atoms with Crippen molar-refractivity contribution in [3.8, 4) is 11.5 Å². The standard InChI is InChI=1S/C23H29N3O6S/c1-31-20-11-7-6-10-18(20)26-33(29,30)17-12-13-21(32-2)19(14-17)25-22(27)15-24-23(28)16-8-4-3-5-9-16/h6-7,10-14,16,26H,3-5,8-9,15H2,1-2H3,(H,24,28)(H,25,27). The van der Waals surface area contributed by atoms with E-state index in [1.54, 1.807) is 24.3 Å².